The molecule has 16 heteroatoms. The quantitative estimate of drug-likeness (QED) is 0.473. The Hall–Kier alpha value is -2.98. The fourth-order valence-electron chi connectivity index (χ4n) is 4.04. The van der Waals surface area contributed by atoms with Crippen LogP contribution in [0.25, 0.3) is 0 Å². The molecule has 1 aromatic heterocycles. The number of ether oxygens (including phenoxy) is 1. The van der Waals surface area contributed by atoms with Crippen LogP contribution in [0.2, 0.25) is 0 Å². The van der Waals surface area contributed by atoms with Crippen LogP contribution in [0.5, 0.6) is 0 Å². The van der Waals surface area contributed by atoms with E-state index in [2.05, 4.69) is 16.0 Å². The summed E-state index contributed by atoms with van der Waals surface area (Å²) in [4.78, 5) is 38.8. The molecule has 3 fully saturated rings. The fourth-order valence-corrected chi connectivity index (χ4v) is 4.04. The van der Waals surface area contributed by atoms with Crippen molar-refractivity contribution in [2.24, 2.45) is 0 Å². The van der Waals surface area contributed by atoms with E-state index in [1.165, 1.54) is 5.56 Å². The van der Waals surface area contributed by atoms with Crippen LogP contribution in [0, 0.1) is 0 Å². The van der Waals surface area contributed by atoms with E-state index in [4.69, 9.17) is 24.5 Å². The predicted octanol–water partition coefficient (Wildman–Crippen LogP) is 2.06. The number of carbonyl (C=O) groups is 3. The molecule has 1 aliphatic carbocycles. The summed E-state index contributed by atoms with van der Waals surface area (Å²) in [7, 11) is 0. The van der Waals surface area contributed by atoms with Gasteiger partial charge in [-0.05, 0) is 30.9 Å². The largest absolute Gasteiger partial charge is 0.490 e. The van der Waals surface area contributed by atoms with E-state index in [1.807, 2.05) is 17.2 Å². The number of hydrogen-bond donors (Lipinski definition) is 3. The second kappa shape index (κ2) is 12.7. The van der Waals surface area contributed by atoms with E-state index in [0.717, 1.165) is 32.4 Å². The lowest BCUT2D eigenvalue weighted by atomic mass is 9.77. The monoisotopic (exact) mass is 559 g/mol. The third kappa shape index (κ3) is 9.40. The Balaban J connectivity index is 0.000000301. The molecule has 0 unspecified atom stereocenters. The molecule has 3 heterocycles. The number of amides is 1. The average molecular weight is 559 g/mol. The number of carbonyl (C=O) groups excluding carboxylic acids is 1. The van der Waals surface area contributed by atoms with Crippen molar-refractivity contribution in [2.45, 2.75) is 62.3 Å². The van der Waals surface area contributed by atoms with E-state index in [9.17, 15) is 36.2 Å². The van der Waals surface area contributed by atoms with E-state index in [1.54, 1.807) is 6.20 Å². The van der Waals surface area contributed by atoms with Crippen LogP contribution in [-0.4, -0.2) is 104 Å². The standard InChI is InChI=1S/C18H25N3O3.2C2HF3O2/c22-17(9-18(23)4-2-5-18)21-12-15-16(13-21)24-8-7-20(15)11-14-3-1-6-19-10-14;2*3-2(4,5)1(6)7/h1,3,6,10,15-16,23H,2,4-5,7-9,11-13H2;2*(H,6,7)/t15-,16+;;/m1../s1. The Kier molecular flexibility index (Phi) is 10.4. The lowest BCUT2D eigenvalue weighted by molar-refractivity contribution is -0.193. The highest BCUT2D eigenvalue weighted by Gasteiger charge is 2.44. The van der Waals surface area contributed by atoms with Gasteiger partial charge < -0.3 is 25.0 Å². The molecular weight excluding hydrogens is 532 g/mol. The summed E-state index contributed by atoms with van der Waals surface area (Å²) in [5.74, 6) is -5.45. The Morgan fingerprint density at radius 1 is 1.05 bits per heavy atom. The SMILES string of the molecule is O=C(CC1(O)CCC1)N1C[C@@H]2OCCN(Cc3cccnc3)[C@@H]2C1.O=C(O)C(F)(F)F.O=C(O)C(F)(F)F. The number of alkyl halides is 6. The first-order valence-corrected chi connectivity index (χ1v) is 11.4. The number of morpholine rings is 1. The number of hydrogen-bond acceptors (Lipinski definition) is 7. The maximum absolute atomic E-state index is 12.5. The van der Waals surface area contributed by atoms with Crippen molar-refractivity contribution < 1.29 is 60.8 Å². The normalized spacial score (nSPS) is 22.6. The number of pyridine rings is 1. The second-order valence-electron chi connectivity index (χ2n) is 8.97. The van der Waals surface area contributed by atoms with E-state index in [0.29, 0.717) is 19.7 Å². The Morgan fingerprint density at radius 2 is 1.63 bits per heavy atom. The summed E-state index contributed by atoms with van der Waals surface area (Å²) in [6.45, 7) is 3.75. The topological polar surface area (TPSA) is 140 Å². The van der Waals surface area contributed by atoms with Crippen LogP contribution in [0.3, 0.4) is 0 Å². The molecule has 0 aromatic carbocycles. The van der Waals surface area contributed by atoms with Crippen molar-refractivity contribution >= 4 is 17.8 Å². The molecule has 1 aromatic rings. The summed E-state index contributed by atoms with van der Waals surface area (Å²) >= 11 is 0. The Bertz CT molecular complexity index is 933. The first kappa shape index (κ1) is 31.2. The molecule has 1 amide bonds. The van der Waals surface area contributed by atoms with Gasteiger partial charge in [0, 0.05) is 38.6 Å². The number of fused-ring (bicyclic) bond motifs is 1. The van der Waals surface area contributed by atoms with Crippen LogP contribution >= 0.6 is 0 Å². The molecule has 3 N–H and O–H groups in total. The highest BCUT2D eigenvalue weighted by atomic mass is 19.4. The summed E-state index contributed by atoms with van der Waals surface area (Å²) < 4.78 is 69.4. The molecule has 2 aliphatic heterocycles. The van der Waals surface area contributed by atoms with Gasteiger partial charge in [0.15, 0.2) is 0 Å². The molecule has 3 aliphatic rings. The van der Waals surface area contributed by atoms with Gasteiger partial charge in [0.1, 0.15) is 0 Å². The zero-order chi connectivity index (χ0) is 28.7. The van der Waals surface area contributed by atoms with E-state index < -0.39 is 29.9 Å². The number of carboxylic acids is 2. The van der Waals surface area contributed by atoms with Gasteiger partial charge in [-0.25, -0.2) is 9.59 Å². The zero-order valence-electron chi connectivity index (χ0n) is 19.9. The minimum absolute atomic E-state index is 0.0662. The number of carboxylic acid groups (broad SMARTS) is 2. The third-order valence-corrected chi connectivity index (χ3v) is 6.13. The molecule has 0 spiro atoms. The summed E-state index contributed by atoms with van der Waals surface area (Å²) in [5.41, 5.74) is 0.438. The van der Waals surface area contributed by atoms with Crippen molar-refractivity contribution in [2.75, 3.05) is 26.2 Å². The number of rotatable bonds is 4. The highest BCUT2D eigenvalue weighted by Crippen LogP contribution is 2.36. The molecule has 214 valence electrons. The van der Waals surface area contributed by atoms with Gasteiger partial charge in [0.05, 0.1) is 30.8 Å². The van der Waals surface area contributed by atoms with Crippen molar-refractivity contribution in [3.8, 4) is 0 Å². The first-order valence-electron chi connectivity index (χ1n) is 11.4. The van der Waals surface area contributed by atoms with Crippen molar-refractivity contribution in [3.63, 3.8) is 0 Å². The minimum Gasteiger partial charge on any atom is -0.475 e. The molecule has 1 saturated carbocycles. The number of likely N-dealkylation sites (tertiary alicyclic amines) is 1. The average Bonchev–Trinajstić information content (AvgIpc) is 3.24. The molecule has 0 radical (unpaired) electrons. The molecule has 10 nitrogen and oxygen atoms in total. The van der Waals surface area contributed by atoms with Crippen LogP contribution in [0.15, 0.2) is 24.5 Å². The zero-order valence-corrected chi connectivity index (χ0v) is 19.9. The van der Waals surface area contributed by atoms with Gasteiger partial charge in [0.25, 0.3) is 0 Å². The summed E-state index contributed by atoms with van der Waals surface area (Å²) in [6, 6.07) is 4.28. The van der Waals surface area contributed by atoms with Gasteiger partial charge in [-0.15, -0.1) is 0 Å². The molecule has 0 bridgehead atoms. The number of halogens is 6. The summed E-state index contributed by atoms with van der Waals surface area (Å²) in [5, 5.41) is 24.5. The maximum Gasteiger partial charge on any atom is 0.490 e. The smallest absolute Gasteiger partial charge is 0.475 e. The molecule has 38 heavy (non-hydrogen) atoms. The van der Waals surface area contributed by atoms with Crippen molar-refractivity contribution in [1.29, 1.82) is 0 Å². The minimum atomic E-state index is -5.08. The number of aliphatic hydroxyl groups is 1. The molecular formula is C22H27F6N3O7. The van der Waals surface area contributed by atoms with Crippen LogP contribution < -0.4 is 0 Å². The number of aromatic nitrogens is 1. The van der Waals surface area contributed by atoms with Gasteiger partial charge in [-0.3, -0.25) is 14.7 Å². The second-order valence-corrected chi connectivity index (χ2v) is 8.97. The van der Waals surface area contributed by atoms with E-state index in [-0.39, 0.29) is 24.5 Å². The molecule has 4 rings (SSSR count). The lowest BCUT2D eigenvalue weighted by Gasteiger charge is -2.37. The van der Waals surface area contributed by atoms with Gasteiger partial charge >= 0.3 is 24.3 Å². The Labute approximate surface area is 212 Å². The van der Waals surface area contributed by atoms with Crippen LogP contribution in [0.1, 0.15) is 31.2 Å². The van der Waals surface area contributed by atoms with E-state index >= 15 is 0 Å². The highest BCUT2D eigenvalue weighted by molar-refractivity contribution is 5.78. The van der Waals surface area contributed by atoms with Crippen LogP contribution in [0.4, 0.5) is 26.3 Å². The first-order chi connectivity index (χ1) is 17.5. The Morgan fingerprint density at radius 3 is 2.08 bits per heavy atom. The molecule has 2 saturated heterocycles. The maximum atomic E-state index is 12.5. The van der Waals surface area contributed by atoms with Crippen LogP contribution in [-0.2, 0) is 25.7 Å². The van der Waals surface area contributed by atoms with Gasteiger partial charge in [0.2, 0.25) is 5.91 Å². The van der Waals surface area contributed by atoms with Gasteiger partial charge in [-0.2, -0.15) is 26.3 Å². The van der Waals surface area contributed by atoms with Gasteiger partial charge in [-0.1, -0.05) is 6.07 Å². The predicted molar refractivity (Wildman–Crippen MR) is 116 cm³/mol. The molecule has 2 atom stereocenters. The van der Waals surface area contributed by atoms with Crippen molar-refractivity contribution in [1.82, 2.24) is 14.8 Å². The summed E-state index contributed by atoms with van der Waals surface area (Å²) in [6.07, 6.45) is -3.62. The number of nitrogens with zero attached hydrogens (tertiary/aromatic N) is 3. The number of aliphatic carboxylic acids is 2. The third-order valence-electron chi connectivity index (χ3n) is 6.13. The fraction of sp³-hybridized carbons (Fsp3) is 0.636. The lowest BCUT2D eigenvalue weighted by Crippen LogP contribution is -2.50. The van der Waals surface area contributed by atoms with Crippen molar-refractivity contribution in [3.05, 3.63) is 30.1 Å².